The summed E-state index contributed by atoms with van der Waals surface area (Å²) in [5, 5.41) is 8.70. The molecule has 0 aliphatic carbocycles. The molecule has 4 heterocycles. The molecular weight excluding hydrogens is 465 g/mol. The van der Waals surface area contributed by atoms with Gasteiger partial charge in [-0.05, 0) is 75.1 Å². The third-order valence-electron chi connectivity index (χ3n) is 7.42. The number of pyridine rings is 1. The number of nitrogens with one attached hydrogen (secondary N) is 2. The molecule has 5 rings (SSSR count). The van der Waals surface area contributed by atoms with Crippen molar-refractivity contribution in [2.75, 3.05) is 37.6 Å². The van der Waals surface area contributed by atoms with Crippen molar-refractivity contribution in [1.29, 1.82) is 5.41 Å². The van der Waals surface area contributed by atoms with E-state index < -0.39 is 0 Å². The van der Waals surface area contributed by atoms with Crippen molar-refractivity contribution in [2.45, 2.75) is 45.2 Å². The van der Waals surface area contributed by atoms with Crippen molar-refractivity contribution in [3.05, 3.63) is 71.9 Å². The minimum atomic E-state index is -0.233. The minimum Gasteiger partial charge on any atom is -0.354 e. The molecule has 1 aromatic carbocycles. The molecule has 37 heavy (non-hydrogen) atoms. The van der Waals surface area contributed by atoms with Gasteiger partial charge in [-0.2, -0.15) is 0 Å². The van der Waals surface area contributed by atoms with E-state index in [1.54, 1.807) is 24.4 Å². The third kappa shape index (κ3) is 5.91. The van der Waals surface area contributed by atoms with E-state index in [1.165, 1.54) is 6.07 Å². The number of H-pyrrole nitrogens is 1. The molecule has 0 radical (unpaired) electrons. The summed E-state index contributed by atoms with van der Waals surface area (Å²) >= 11 is 0. The Kier molecular flexibility index (Phi) is 7.65. The zero-order valence-electron chi connectivity index (χ0n) is 21.7. The maximum absolute atomic E-state index is 13.8. The van der Waals surface area contributed by atoms with Crippen LogP contribution in [0.15, 0.2) is 54.7 Å². The Balaban J connectivity index is 1.25. The highest BCUT2D eigenvalue weighted by molar-refractivity contribution is 5.94. The fraction of sp³-hybridized carbons (Fsp3) is 0.414. The highest BCUT2D eigenvalue weighted by Crippen LogP contribution is 2.31. The van der Waals surface area contributed by atoms with Crippen LogP contribution in [0.25, 0.3) is 17.5 Å². The number of piperazine rings is 1. The Morgan fingerprint density at radius 1 is 1.08 bits per heavy atom. The van der Waals surface area contributed by atoms with E-state index >= 15 is 0 Å². The van der Waals surface area contributed by atoms with Crippen LogP contribution in [0.5, 0.6) is 0 Å². The molecule has 2 aromatic heterocycles. The number of aromatic nitrogens is 3. The van der Waals surface area contributed by atoms with Crippen molar-refractivity contribution in [3.8, 4) is 11.4 Å². The van der Waals surface area contributed by atoms with E-state index in [0.29, 0.717) is 17.7 Å². The van der Waals surface area contributed by atoms with Gasteiger partial charge in [0.1, 0.15) is 23.3 Å². The van der Waals surface area contributed by atoms with E-state index in [0.717, 1.165) is 74.8 Å². The Hall–Kier alpha value is -3.52. The van der Waals surface area contributed by atoms with Gasteiger partial charge >= 0.3 is 0 Å². The summed E-state index contributed by atoms with van der Waals surface area (Å²) in [4.78, 5) is 19.6. The normalized spacial score (nSPS) is 19.2. The number of hydrogen-bond donors (Lipinski definition) is 2. The minimum absolute atomic E-state index is 0.0168. The summed E-state index contributed by atoms with van der Waals surface area (Å²) in [7, 11) is 0. The van der Waals surface area contributed by atoms with Gasteiger partial charge in [-0.3, -0.25) is 10.3 Å². The Morgan fingerprint density at radius 3 is 2.68 bits per heavy atom. The zero-order chi connectivity index (χ0) is 25.8. The SMILES string of the molecule is CC(C)N1CCN(c2cccc(-c3cnc(/C=C\C(=N)N4CCCCC4c4cccc(F)c4)[nH]3)n2)CC1. The maximum Gasteiger partial charge on any atom is 0.130 e. The smallest absolute Gasteiger partial charge is 0.130 e. The molecule has 2 saturated heterocycles. The molecule has 0 spiro atoms. The first kappa shape index (κ1) is 25.1. The summed E-state index contributed by atoms with van der Waals surface area (Å²) < 4.78 is 13.8. The summed E-state index contributed by atoms with van der Waals surface area (Å²) in [5.74, 6) is 1.84. The first-order chi connectivity index (χ1) is 18.0. The fourth-order valence-electron chi connectivity index (χ4n) is 5.30. The number of likely N-dealkylation sites (tertiary alicyclic amines) is 1. The Morgan fingerprint density at radius 2 is 1.89 bits per heavy atom. The predicted molar refractivity (Wildman–Crippen MR) is 147 cm³/mol. The Labute approximate surface area is 218 Å². The van der Waals surface area contributed by atoms with Crippen molar-refractivity contribution in [2.24, 2.45) is 0 Å². The number of aromatic amines is 1. The highest BCUT2D eigenvalue weighted by atomic mass is 19.1. The van der Waals surface area contributed by atoms with Crippen LogP contribution in [0.3, 0.4) is 0 Å². The van der Waals surface area contributed by atoms with Gasteiger partial charge in [0.2, 0.25) is 0 Å². The number of piperidine rings is 1. The molecule has 8 heteroatoms. The summed E-state index contributed by atoms with van der Waals surface area (Å²) in [6.45, 7) is 9.32. The van der Waals surface area contributed by atoms with Crippen LogP contribution in [0, 0.1) is 11.2 Å². The van der Waals surface area contributed by atoms with Crippen LogP contribution < -0.4 is 4.90 Å². The van der Waals surface area contributed by atoms with Crippen LogP contribution in [-0.4, -0.2) is 69.4 Å². The molecule has 2 fully saturated rings. The largest absolute Gasteiger partial charge is 0.354 e. The number of imidazole rings is 1. The second kappa shape index (κ2) is 11.3. The molecule has 7 nitrogen and oxygen atoms in total. The highest BCUT2D eigenvalue weighted by Gasteiger charge is 2.25. The number of halogens is 1. The lowest BCUT2D eigenvalue weighted by Crippen LogP contribution is -2.49. The van der Waals surface area contributed by atoms with Gasteiger partial charge in [-0.25, -0.2) is 14.4 Å². The first-order valence-electron chi connectivity index (χ1n) is 13.3. The number of anilines is 1. The first-order valence-corrected chi connectivity index (χ1v) is 13.3. The third-order valence-corrected chi connectivity index (χ3v) is 7.42. The maximum atomic E-state index is 13.8. The number of nitrogens with zero attached hydrogens (tertiary/aromatic N) is 5. The molecule has 3 aromatic rings. The van der Waals surface area contributed by atoms with Gasteiger partial charge in [0.15, 0.2) is 0 Å². The lowest BCUT2D eigenvalue weighted by atomic mass is 9.95. The number of rotatable bonds is 6. The van der Waals surface area contributed by atoms with Crippen LogP contribution in [-0.2, 0) is 0 Å². The van der Waals surface area contributed by atoms with Crippen molar-refractivity contribution in [3.63, 3.8) is 0 Å². The molecule has 2 N–H and O–H groups in total. The Bertz CT molecular complexity index is 1240. The van der Waals surface area contributed by atoms with Crippen LogP contribution in [0.1, 0.15) is 50.5 Å². The van der Waals surface area contributed by atoms with E-state index in [-0.39, 0.29) is 11.9 Å². The zero-order valence-corrected chi connectivity index (χ0v) is 21.7. The molecule has 0 amide bonds. The number of hydrogen-bond acceptors (Lipinski definition) is 5. The molecule has 2 aliphatic heterocycles. The standard InChI is InChI=1S/C29H36FN7/c1-21(2)35-15-17-36(18-16-35)29-11-6-9-24(34-29)25-20-32-28(33-25)13-12-27(31)37-14-4-3-10-26(37)22-7-5-8-23(30)19-22/h5-9,11-13,19-21,26,31H,3-4,10,14-18H2,1-2H3,(H,32,33)/b13-12-,31-27?. The quantitative estimate of drug-likeness (QED) is 0.351. The summed E-state index contributed by atoms with van der Waals surface area (Å²) in [6.07, 6.45) is 8.43. The topological polar surface area (TPSA) is 75.1 Å². The van der Waals surface area contributed by atoms with Gasteiger partial charge in [0, 0.05) is 38.8 Å². The molecular formula is C29H36FN7. The van der Waals surface area contributed by atoms with Crippen molar-refractivity contribution < 1.29 is 4.39 Å². The monoisotopic (exact) mass is 501 g/mol. The summed E-state index contributed by atoms with van der Waals surface area (Å²) in [5.41, 5.74) is 2.63. The van der Waals surface area contributed by atoms with E-state index in [1.807, 2.05) is 24.3 Å². The summed E-state index contributed by atoms with van der Waals surface area (Å²) in [6, 6.07) is 13.4. The van der Waals surface area contributed by atoms with Crippen molar-refractivity contribution >= 4 is 17.7 Å². The molecule has 1 atom stereocenters. The molecule has 0 bridgehead atoms. The van der Waals surface area contributed by atoms with Gasteiger partial charge in [0.05, 0.1) is 23.6 Å². The van der Waals surface area contributed by atoms with Crippen LogP contribution >= 0.6 is 0 Å². The second-order valence-electron chi connectivity index (χ2n) is 10.2. The van der Waals surface area contributed by atoms with Gasteiger partial charge in [0.25, 0.3) is 0 Å². The van der Waals surface area contributed by atoms with Gasteiger partial charge in [-0.15, -0.1) is 0 Å². The number of amidine groups is 1. The van der Waals surface area contributed by atoms with E-state index in [4.69, 9.17) is 10.4 Å². The fourth-order valence-corrected chi connectivity index (χ4v) is 5.30. The molecule has 0 saturated carbocycles. The lowest BCUT2D eigenvalue weighted by Gasteiger charge is -2.37. The molecule has 194 valence electrons. The predicted octanol–water partition coefficient (Wildman–Crippen LogP) is 5.36. The van der Waals surface area contributed by atoms with Gasteiger partial charge < -0.3 is 14.8 Å². The van der Waals surface area contributed by atoms with Crippen molar-refractivity contribution in [1.82, 2.24) is 24.8 Å². The van der Waals surface area contributed by atoms with Crippen LogP contribution in [0.4, 0.5) is 10.2 Å². The average Bonchev–Trinajstić information content (AvgIpc) is 3.41. The molecule has 1 unspecified atom stereocenters. The van der Waals surface area contributed by atoms with E-state index in [2.05, 4.69) is 44.6 Å². The van der Waals surface area contributed by atoms with Gasteiger partial charge in [-0.1, -0.05) is 18.2 Å². The lowest BCUT2D eigenvalue weighted by molar-refractivity contribution is 0.209. The average molecular weight is 502 g/mol. The molecule has 2 aliphatic rings. The van der Waals surface area contributed by atoms with E-state index in [9.17, 15) is 4.39 Å². The second-order valence-corrected chi connectivity index (χ2v) is 10.2. The number of benzene rings is 1. The van der Waals surface area contributed by atoms with Crippen LogP contribution in [0.2, 0.25) is 0 Å².